The number of nitrogens with one attached hydrogen (secondary N) is 2. The molecule has 2 aromatic carbocycles. The highest BCUT2D eigenvalue weighted by Gasteiger charge is 2.32. The molecule has 2 heterocycles. The van der Waals surface area contributed by atoms with Gasteiger partial charge < -0.3 is 19.7 Å². The van der Waals surface area contributed by atoms with E-state index in [0.717, 1.165) is 42.9 Å². The van der Waals surface area contributed by atoms with E-state index in [-0.39, 0.29) is 5.91 Å². The van der Waals surface area contributed by atoms with Crippen LogP contribution < -0.4 is 19.7 Å². The minimum absolute atomic E-state index is 0.107. The predicted octanol–water partition coefficient (Wildman–Crippen LogP) is 1.88. The zero-order chi connectivity index (χ0) is 18.5. The topological polar surface area (TPSA) is 52.0 Å². The Labute approximate surface area is 160 Å². The molecule has 0 saturated carbocycles. The molecule has 4 rings (SSSR count). The fourth-order valence-electron chi connectivity index (χ4n) is 3.99. The van der Waals surface area contributed by atoms with E-state index in [1.54, 1.807) is 0 Å². The second-order valence-corrected chi connectivity index (χ2v) is 7.30. The van der Waals surface area contributed by atoms with Crippen molar-refractivity contribution >= 4 is 5.91 Å². The number of likely N-dealkylation sites (tertiary alicyclic amines) is 1. The molecule has 5 nitrogen and oxygen atoms in total. The van der Waals surface area contributed by atoms with E-state index in [1.807, 2.05) is 36.4 Å². The van der Waals surface area contributed by atoms with Crippen LogP contribution >= 0.6 is 0 Å². The van der Waals surface area contributed by atoms with Gasteiger partial charge in [0.15, 0.2) is 18.0 Å². The summed E-state index contributed by atoms with van der Waals surface area (Å²) in [4.78, 5) is 13.8. The number of fused-ring (bicyclic) bond motifs is 1. The lowest BCUT2D eigenvalue weighted by atomic mass is 10.0. The number of benzene rings is 2. The monoisotopic (exact) mass is 367 g/mol. The number of carbonyl (C=O) groups excluding carboxylic acids is 1. The zero-order valence-electron chi connectivity index (χ0n) is 15.6. The molecule has 1 fully saturated rings. The molecule has 27 heavy (non-hydrogen) atoms. The summed E-state index contributed by atoms with van der Waals surface area (Å²) in [5, 5.41) is 3.05. The molecule has 0 radical (unpaired) electrons. The maximum absolute atomic E-state index is 12.5. The molecule has 0 aliphatic carbocycles. The fraction of sp³-hybridized carbons (Fsp3) is 0.409. The van der Waals surface area contributed by atoms with Crippen LogP contribution in [0.1, 0.15) is 36.4 Å². The molecule has 1 unspecified atom stereocenters. The van der Waals surface area contributed by atoms with Crippen LogP contribution in [0.2, 0.25) is 0 Å². The lowest BCUT2D eigenvalue weighted by Gasteiger charge is -2.22. The lowest BCUT2D eigenvalue weighted by Crippen LogP contribution is -3.11. The van der Waals surface area contributed by atoms with Gasteiger partial charge in [-0.2, -0.15) is 0 Å². The van der Waals surface area contributed by atoms with Crippen LogP contribution in [0.3, 0.4) is 0 Å². The van der Waals surface area contributed by atoms with Crippen molar-refractivity contribution in [2.24, 2.45) is 0 Å². The minimum atomic E-state index is 0.107. The quantitative estimate of drug-likeness (QED) is 0.849. The van der Waals surface area contributed by atoms with Gasteiger partial charge in [0.1, 0.15) is 6.04 Å². The van der Waals surface area contributed by atoms with Crippen molar-refractivity contribution in [3.05, 3.63) is 59.7 Å². The molecular formula is C22H27N2O3+. The number of carbonyl (C=O) groups is 1. The molecule has 2 aliphatic heterocycles. The van der Waals surface area contributed by atoms with E-state index in [0.29, 0.717) is 32.3 Å². The summed E-state index contributed by atoms with van der Waals surface area (Å²) >= 11 is 0. The third-order valence-corrected chi connectivity index (χ3v) is 5.38. The Morgan fingerprint density at radius 1 is 1.04 bits per heavy atom. The van der Waals surface area contributed by atoms with E-state index >= 15 is 0 Å². The van der Waals surface area contributed by atoms with Crippen LogP contribution in [0.25, 0.3) is 0 Å². The third kappa shape index (κ3) is 4.42. The van der Waals surface area contributed by atoms with Gasteiger partial charge in [-0.25, -0.2) is 0 Å². The normalized spacial score (nSPS) is 21.5. The van der Waals surface area contributed by atoms with Crippen molar-refractivity contribution in [3.63, 3.8) is 0 Å². The van der Waals surface area contributed by atoms with Crippen LogP contribution in [-0.4, -0.2) is 32.2 Å². The first-order chi connectivity index (χ1) is 13.3. The largest absolute Gasteiger partial charge is 0.490 e. The van der Waals surface area contributed by atoms with Crippen molar-refractivity contribution in [3.8, 4) is 11.5 Å². The predicted molar refractivity (Wildman–Crippen MR) is 103 cm³/mol. The summed E-state index contributed by atoms with van der Waals surface area (Å²) in [6.45, 7) is 3.51. The van der Waals surface area contributed by atoms with Gasteiger partial charge in [-0.1, -0.05) is 30.3 Å². The summed E-state index contributed by atoms with van der Waals surface area (Å²) in [5.74, 6) is 1.77. The zero-order valence-corrected chi connectivity index (χ0v) is 15.6. The Bertz CT molecular complexity index is 778. The highest BCUT2D eigenvalue weighted by molar-refractivity contribution is 5.76. The van der Waals surface area contributed by atoms with Crippen LogP contribution in [0.4, 0.5) is 0 Å². The lowest BCUT2D eigenvalue weighted by molar-refractivity contribution is -0.910. The maximum atomic E-state index is 12.5. The first kappa shape index (κ1) is 17.9. The van der Waals surface area contributed by atoms with Gasteiger partial charge in [0, 0.05) is 31.4 Å². The number of amides is 1. The fourth-order valence-corrected chi connectivity index (χ4v) is 3.99. The van der Waals surface area contributed by atoms with Crippen molar-refractivity contribution in [2.75, 3.05) is 26.3 Å². The standard InChI is InChI=1S/C22H26N2O3/c25-22(23-15-17-6-2-1-3-7-17)16-24-11-4-8-19(24)18-9-10-20-21(14-18)27-13-5-12-26-20/h1-3,6-7,9-10,14,19H,4-5,8,11-13,15-16H2,(H,23,25)/p+1/t19-/m1/s1. The van der Waals surface area contributed by atoms with Crippen molar-refractivity contribution in [1.82, 2.24) is 5.32 Å². The van der Waals surface area contributed by atoms with E-state index in [2.05, 4.69) is 17.4 Å². The van der Waals surface area contributed by atoms with Crippen molar-refractivity contribution in [2.45, 2.75) is 31.8 Å². The molecule has 2 atom stereocenters. The number of rotatable bonds is 5. The summed E-state index contributed by atoms with van der Waals surface area (Å²) in [7, 11) is 0. The Kier molecular flexibility index (Phi) is 5.58. The van der Waals surface area contributed by atoms with Gasteiger partial charge in [-0.15, -0.1) is 0 Å². The van der Waals surface area contributed by atoms with E-state index in [1.165, 1.54) is 10.5 Å². The van der Waals surface area contributed by atoms with Gasteiger partial charge in [0.05, 0.1) is 19.8 Å². The summed E-state index contributed by atoms with van der Waals surface area (Å²) < 4.78 is 11.6. The van der Waals surface area contributed by atoms with E-state index in [9.17, 15) is 4.79 Å². The summed E-state index contributed by atoms with van der Waals surface area (Å²) in [6, 6.07) is 16.6. The van der Waals surface area contributed by atoms with Gasteiger partial charge >= 0.3 is 0 Å². The molecule has 0 spiro atoms. The van der Waals surface area contributed by atoms with Crippen LogP contribution in [-0.2, 0) is 11.3 Å². The number of hydrogen-bond acceptors (Lipinski definition) is 3. The van der Waals surface area contributed by atoms with E-state index in [4.69, 9.17) is 9.47 Å². The average molecular weight is 367 g/mol. The summed E-state index contributed by atoms with van der Waals surface area (Å²) in [6.07, 6.45) is 3.15. The van der Waals surface area contributed by atoms with Crippen LogP contribution in [0, 0.1) is 0 Å². The Morgan fingerprint density at radius 2 is 1.85 bits per heavy atom. The smallest absolute Gasteiger partial charge is 0.275 e. The van der Waals surface area contributed by atoms with Crippen LogP contribution in [0.5, 0.6) is 11.5 Å². The third-order valence-electron chi connectivity index (χ3n) is 5.38. The molecule has 2 aromatic rings. The molecule has 2 N–H and O–H groups in total. The number of ether oxygens (including phenoxy) is 2. The van der Waals surface area contributed by atoms with E-state index < -0.39 is 0 Å². The van der Waals surface area contributed by atoms with Gasteiger partial charge in [0.2, 0.25) is 0 Å². The molecule has 2 aliphatic rings. The summed E-state index contributed by atoms with van der Waals surface area (Å²) in [5.41, 5.74) is 2.37. The molecule has 142 valence electrons. The molecule has 0 aromatic heterocycles. The Morgan fingerprint density at radius 3 is 2.70 bits per heavy atom. The van der Waals surface area contributed by atoms with Crippen LogP contribution in [0.15, 0.2) is 48.5 Å². The Hall–Kier alpha value is -2.53. The maximum Gasteiger partial charge on any atom is 0.275 e. The molecule has 1 saturated heterocycles. The van der Waals surface area contributed by atoms with Gasteiger partial charge in [0.25, 0.3) is 5.91 Å². The number of quaternary nitrogens is 1. The SMILES string of the molecule is O=C(C[NH+]1CCC[C@@H]1c1ccc2c(c1)OCCCO2)NCc1ccccc1. The van der Waals surface area contributed by atoms with Crippen molar-refractivity contribution in [1.29, 1.82) is 0 Å². The highest BCUT2D eigenvalue weighted by Crippen LogP contribution is 2.33. The molecule has 1 amide bonds. The number of hydrogen-bond donors (Lipinski definition) is 2. The second-order valence-electron chi connectivity index (χ2n) is 7.30. The molecule has 5 heteroatoms. The van der Waals surface area contributed by atoms with Gasteiger partial charge in [-0.05, 0) is 23.8 Å². The first-order valence-corrected chi connectivity index (χ1v) is 9.84. The van der Waals surface area contributed by atoms with Crippen molar-refractivity contribution < 1.29 is 19.2 Å². The minimum Gasteiger partial charge on any atom is -0.490 e. The highest BCUT2D eigenvalue weighted by atomic mass is 16.5. The molecular weight excluding hydrogens is 340 g/mol. The van der Waals surface area contributed by atoms with Gasteiger partial charge in [-0.3, -0.25) is 4.79 Å². The molecule has 0 bridgehead atoms. The first-order valence-electron chi connectivity index (χ1n) is 9.84. The Balaban J connectivity index is 1.38. The second kappa shape index (κ2) is 8.44. The average Bonchev–Trinajstić information content (AvgIpc) is 3.02.